The van der Waals surface area contributed by atoms with Crippen LogP contribution >= 0.6 is 0 Å². The molecule has 2 N–H and O–H groups in total. The van der Waals surface area contributed by atoms with Crippen molar-refractivity contribution in [3.8, 4) is 11.3 Å². The molecule has 3 heteroatoms. The van der Waals surface area contributed by atoms with E-state index in [1.165, 1.54) is 11.1 Å². The van der Waals surface area contributed by atoms with Crippen LogP contribution in [0.4, 0.5) is 0 Å². The largest absolute Gasteiger partial charge is 0.441 e. The summed E-state index contributed by atoms with van der Waals surface area (Å²) in [5, 5.41) is 0. The second-order valence-corrected chi connectivity index (χ2v) is 6.29. The average Bonchev–Trinajstić information content (AvgIpc) is 2.84. The van der Waals surface area contributed by atoms with Crippen LogP contribution in [0.1, 0.15) is 44.2 Å². The van der Waals surface area contributed by atoms with Gasteiger partial charge >= 0.3 is 0 Å². The fourth-order valence-corrected chi connectivity index (χ4v) is 2.16. The maximum absolute atomic E-state index is 5.85. The summed E-state index contributed by atoms with van der Waals surface area (Å²) in [6.45, 7) is 9.41. The Morgan fingerprint density at radius 3 is 2.65 bits per heavy atom. The second-order valence-electron chi connectivity index (χ2n) is 6.29. The van der Waals surface area contributed by atoms with E-state index in [2.05, 4.69) is 50.9 Å². The number of oxazole rings is 1. The number of benzene rings is 1. The van der Waals surface area contributed by atoms with Crippen molar-refractivity contribution in [1.82, 2.24) is 4.98 Å². The van der Waals surface area contributed by atoms with Gasteiger partial charge in [0.05, 0.1) is 6.20 Å². The molecule has 20 heavy (non-hydrogen) atoms. The Balaban J connectivity index is 2.34. The summed E-state index contributed by atoms with van der Waals surface area (Å²) in [7, 11) is 0. The van der Waals surface area contributed by atoms with Gasteiger partial charge in [0.15, 0.2) is 11.7 Å². The van der Waals surface area contributed by atoms with Gasteiger partial charge in [-0.3, -0.25) is 0 Å². The Hall–Kier alpha value is -1.61. The van der Waals surface area contributed by atoms with Gasteiger partial charge in [0.1, 0.15) is 0 Å². The summed E-state index contributed by atoms with van der Waals surface area (Å²) in [6, 6.07) is 6.55. The maximum atomic E-state index is 5.85. The average molecular weight is 272 g/mol. The van der Waals surface area contributed by atoms with Crippen LogP contribution < -0.4 is 5.73 Å². The molecule has 2 rings (SSSR count). The third-order valence-corrected chi connectivity index (χ3v) is 3.52. The fourth-order valence-electron chi connectivity index (χ4n) is 2.16. The molecule has 0 fully saturated rings. The highest BCUT2D eigenvalue weighted by molar-refractivity contribution is 5.62. The van der Waals surface area contributed by atoms with Crippen molar-refractivity contribution in [2.45, 2.75) is 46.0 Å². The van der Waals surface area contributed by atoms with Gasteiger partial charge in [-0.25, -0.2) is 4.98 Å². The molecule has 0 saturated heterocycles. The molecule has 1 aromatic heterocycles. The Kier molecular flexibility index (Phi) is 4.29. The molecule has 1 aromatic carbocycles. The number of nitrogens with two attached hydrogens (primary N) is 1. The monoisotopic (exact) mass is 272 g/mol. The first-order valence-corrected chi connectivity index (χ1v) is 7.18. The fraction of sp³-hybridized carbons (Fsp3) is 0.471. The number of hydrogen-bond donors (Lipinski definition) is 1. The van der Waals surface area contributed by atoms with Crippen LogP contribution in [0.25, 0.3) is 11.3 Å². The molecule has 0 unspecified atom stereocenters. The minimum absolute atomic E-state index is 0.130. The van der Waals surface area contributed by atoms with E-state index in [9.17, 15) is 0 Å². The van der Waals surface area contributed by atoms with Gasteiger partial charge in [0.25, 0.3) is 0 Å². The van der Waals surface area contributed by atoms with E-state index in [1.54, 1.807) is 0 Å². The molecule has 108 valence electrons. The molecule has 1 heterocycles. The van der Waals surface area contributed by atoms with Crippen molar-refractivity contribution in [3.05, 3.63) is 41.4 Å². The molecule has 0 aliphatic rings. The number of rotatable bonds is 4. The van der Waals surface area contributed by atoms with Gasteiger partial charge in [0, 0.05) is 12.0 Å². The highest BCUT2D eigenvalue weighted by Gasteiger charge is 2.16. The lowest BCUT2D eigenvalue weighted by molar-refractivity contribution is 0.499. The quantitative estimate of drug-likeness (QED) is 0.920. The SMILES string of the molecule is Cc1ccc(C(C)(C)C)cc1-c1cnc(CCCN)o1. The zero-order chi connectivity index (χ0) is 14.8. The molecule has 3 nitrogen and oxygen atoms in total. The van der Waals surface area contributed by atoms with E-state index in [-0.39, 0.29) is 5.41 Å². The molecule has 0 aliphatic heterocycles. The Morgan fingerprint density at radius 2 is 2.00 bits per heavy atom. The summed E-state index contributed by atoms with van der Waals surface area (Å²) in [4.78, 5) is 4.34. The molecule has 0 saturated carbocycles. The third-order valence-electron chi connectivity index (χ3n) is 3.52. The van der Waals surface area contributed by atoms with Gasteiger partial charge in [-0.15, -0.1) is 0 Å². The van der Waals surface area contributed by atoms with Crippen LogP contribution in [0.3, 0.4) is 0 Å². The van der Waals surface area contributed by atoms with Crippen LogP contribution in [-0.2, 0) is 11.8 Å². The van der Waals surface area contributed by atoms with E-state index in [4.69, 9.17) is 10.2 Å². The van der Waals surface area contributed by atoms with Gasteiger partial charge in [-0.1, -0.05) is 32.9 Å². The van der Waals surface area contributed by atoms with Crippen LogP contribution in [-0.4, -0.2) is 11.5 Å². The lowest BCUT2D eigenvalue weighted by Gasteiger charge is -2.20. The van der Waals surface area contributed by atoms with Crippen molar-refractivity contribution in [2.24, 2.45) is 5.73 Å². The van der Waals surface area contributed by atoms with E-state index in [1.807, 2.05) is 6.20 Å². The van der Waals surface area contributed by atoms with Gasteiger partial charge < -0.3 is 10.2 Å². The Morgan fingerprint density at radius 1 is 1.25 bits per heavy atom. The predicted octanol–water partition coefficient (Wildman–Crippen LogP) is 3.84. The normalized spacial score (nSPS) is 11.8. The zero-order valence-corrected chi connectivity index (χ0v) is 12.9. The summed E-state index contributed by atoms with van der Waals surface area (Å²) >= 11 is 0. The Labute approximate surface area is 121 Å². The molecular weight excluding hydrogens is 248 g/mol. The molecule has 0 atom stereocenters. The molecule has 0 spiro atoms. The highest BCUT2D eigenvalue weighted by Crippen LogP contribution is 2.30. The van der Waals surface area contributed by atoms with Crippen molar-refractivity contribution in [3.63, 3.8) is 0 Å². The lowest BCUT2D eigenvalue weighted by Crippen LogP contribution is -2.11. The number of aromatic nitrogens is 1. The smallest absolute Gasteiger partial charge is 0.194 e. The van der Waals surface area contributed by atoms with E-state index in [0.717, 1.165) is 30.1 Å². The van der Waals surface area contributed by atoms with Crippen LogP contribution in [0, 0.1) is 6.92 Å². The summed E-state index contributed by atoms with van der Waals surface area (Å²) in [6.07, 6.45) is 3.52. The predicted molar refractivity (Wildman–Crippen MR) is 82.8 cm³/mol. The van der Waals surface area contributed by atoms with Crippen molar-refractivity contribution in [2.75, 3.05) is 6.54 Å². The molecular formula is C17H24N2O. The molecule has 0 aliphatic carbocycles. The van der Waals surface area contributed by atoms with Crippen LogP contribution in [0.15, 0.2) is 28.8 Å². The molecule has 0 bridgehead atoms. The first-order chi connectivity index (χ1) is 9.41. The summed E-state index contributed by atoms with van der Waals surface area (Å²) < 4.78 is 5.85. The number of nitrogens with zero attached hydrogens (tertiary/aromatic N) is 1. The lowest BCUT2D eigenvalue weighted by atomic mass is 9.85. The standard InChI is InChI=1S/C17H24N2O/c1-12-7-8-13(17(2,3)4)10-14(12)15-11-19-16(20-15)6-5-9-18/h7-8,10-11H,5-6,9,18H2,1-4H3. The number of aryl methyl sites for hydroxylation is 2. The van der Waals surface area contributed by atoms with E-state index >= 15 is 0 Å². The zero-order valence-electron chi connectivity index (χ0n) is 12.9. The minimum atomic E-state index is 0.130. The maximum Gasteiger partial charge on any atom is 0.194 e. The highest BCUT2D eigenvalue weighted by atomic mass is 16.4. The van der Waals surface area contributed by atoms with Gasteiger partial charge in [0.2, 0.25) is 0 Å². The third kappa shape index (κ3) is 3.28. The minimum Gasteiger partial charge on any atom is -0.441 e. The van der Waals surface area contributed by atoms with Crippen molar-refractivity contribution >= 4 is 0 Å². The van der Waals surface area contributed by atoms with Crippen molar-refractivity contribution < 1.29 is 4.42 Å². The summed E-state index contributed by atoms with van der Waals surface area (Å²) in [5.41, 5.74) is 9.29. The van der Waals surface area contributed by atoms with Gasteiger partial charge in [-0.05, 0) is 42.5 Å². The molecule has 2 aromatic rings. The van der Waals surface area contributed by atoms with Crippen LogP contribution in [0.5, 0.6) is 0 Å². The Bertz CT molecular complexity index is 579. The molecule has 0 radical (unpaired) electrons. The van der Waals surface area contributed by atoms with Crippen molar-refractivity contribution in [1.29, 1.82) is 0 Å². The van der Waals surface area contributed by atoms with Gasteiger partial charge in [-0.2, -0.15) is 0 Å². The second kappa shape index (κ2) is 5.80. The van der Waals surface area contributed by atoms with E-state index in [0.29, 0.717) is 6.54 Å². The number of hydrogen-bond acceptors (Lipinski definition) is 3. The van der Waals surface area contributed by atoms with E-state index < -0.39 is 0 Å². The molecule has 0 amide bonds. The first-order valence-electron chi connectivity index (χ1n) is 7.18. The summed E-state index contributed by atoms with van der Waals surface area (Å²) in [5.74, 6) is 1.62. The topological polar surface area (TPSA) is 52.0 Å². The first kappa shape index (κ1) is 14.8. The van der Waals surface area contributed by atoms with Crippen LogP contribution in [0.2, 0.25) is 0 Å².